The molecule has 0 unspecified atom stereocenters. The summed E-state index contributed by atoms with van der Waals surface area (Å²) < 4.78 is 4.41. The number of rotatable bonds is 1. The summed E-state index contributed by atoms with van der Waals surface area (Å²) in [6.45, 7) is 2.02. The van der Waals surface area contributed by atoms with Crippen LogP contribution in [0.3, 0.4) is 0 Å². The van der Waals surface area contributed by atoms with Crippen molar-refractivity contribution in [2.45, 2.75) is 89.3 Å². The van der Waals surface area contributed by atoms with E-state index in [4.69, 9.17) is 4.98 Å². The molecule has 0 N–H and O–H groups in total. The summed E-state index contributed by atoms with van der Waals surface area (Å²) in [5, 5.41) is 1.56. The van der Waals surface area contributed by atoms with Gasteiger partial charge in [-0.3, -0.25) is 0 Å². The normalized spacial score (nSPS) is 22.4. The van der Waals surface area contributed by atoms with E-state index < -0.39 is 0 Å². The number of hydrogen-bond donors (Lipinski definition) is 0. The Labute approximate surface area is 129 Å². The molecule has 2 rings (SSSR count). The van der Waals surface area contributed by atoms with Gasteiger partial charge in [-0.1, -0.05) is 64.2 Å². The predicted octanol–water partition coefficient (Wildman–Crippen LogP) is 4.37. The summed E-state index contributed by atoms with van der Waals surface area (Å²) in [7, 11) is 2.42. The number of aryl methyl sites for hydroxylation is 1. The topological polar surface area (TPSA) is 25.8 Å². The first kappa shape index (κ1) is 16.0. The molecule has 0 radical (unpaired) electrons. The number of nitrogens with zero attached hydrogens (tertiary/aromatic N) is 2. The SMILES string of the molecule is BC1(c2nc(C)ns2)CCCCCCCCCCCC1. The summed E-state index contributed by atoms with van der Waals surface area (Å²) in [5.41, 5.74) is 0. The Morgan fingerprint density at radius 2 is 1.30 bits per heavy atom. The van der Waals surface area contributed by atoms with E-state index in [2.05, 4.69) is 12.2 Å². The van der Waals surface area contributed by atoms with Gasteiger partial charge in [-0.2, -0.15) is 4.37 Å². The summed E-state index contributed by atoms with van der Waals surface area (Å²) in [5.74, 6) is 0.953. The molecular formula is C16H29BN2S. The van der Waals surface area contributed by atoms with E-state index >= 15 is 0 Å². The maximum absolute atomic E-state index is 4.70. The Balaban J connectivity index is 1.98. The lowest BCUT2D eigenvalue weighted by molar-refractivity contribution is 0.451. The van der Waals surface area contributed by atoms with Crippen molar-refractivity contribution in [1.29, 1.82) is 0 Å². The molecule has 0 atom stereocenters. The lowest BCUT2D eigenvalue weighted by atomic mass is 9.63. The summed E-state index contributed by atoms with van der Waals surface area (Å²) in [6.07, 6.45) is 16.7. The highest BCUT2D eigenvalue weighted by Crippen LogP contribution is 2.34. The quantitative estimate of drug-likeness (QED) is 0.718. The Bertz CT molecular complexity index is 378. The minimum atomic E-state index is 0.278. The molecule has 1 aliphatic rings. The van der Waals surface area contributed by atoms with Gasteiger partial charge in [0, 0.05) is 0 Å². The van der Waals surface area contributed by atoms with Gasteiger partial charge in [0.15, 0.2) is 0 Å². The molecule has 4 heteroatoms. The van der Waals surface area contributed by atoms with Crippen molar-refractivity contribution < 1.29 is 0 Å². The zero-order valence-electron chi connectivity index (χ0n) is 13.3. The van der Waals surface area contributed by atoms with Crippen molar-refractivity contribution in [3.63, 3.8) is 0 Å². The lowest BCUT2D eigenvalue weighted by Crippen LogP contribution is -2.26. The zero-order valence-corrected chi connectivity index (χ0v) is 14.1. The highest BCUT2D eigenvalue weighted by Gasteiger charge is 2.29. The molecule has 1 aliphatic carbocycles. The van der Waals surface area contributed by atoms with E-state index in [0.717, 1.165) is 5.82 Å². The fourth-order valence-corrected chi connectivity index (χ4v) is 4.18. The van der Waals surface area contributed by atoms with Crippen molar-refractivity contribution in [3.8, 4) is 0 Å². The van der Waals surface area contributed by atoms with Gasteiger partial charge < -0.3 is 0 Å². The van der Waals surface area contributed by atoms with E-state index in [1.165, 1.54) is 82.1 Å². The molecule has 0 saturated heterocycles. The Hall–Kier alpha value is -0.375. The van der Waals surface area contributed by atoms with Crippen molar-refractivity contribution in [3.05, 3.63) is 10.8 Å². The van der Waals surface area contributed by atoms with Crippen molar-refractivity contribution in [1.82, 2.24) is 9.36 Å². The molecule has 1 heterocycles. The summed E-state index contributed by atoms with van der Waals surface area (Å²) in [4.78, 5) is 4.70. The number of hydrogen-bond acceptors (Lipinski definition) is 3. The third-order valence-corrected chi connectivity index (χ3v) is 5.86. The highest BCUT2D eigenvalue weighted by molar-refractivity contribution is 7.05. The van der Waals surface area contributed by atoms with Crippen molar-refractivity contribution in [2.24, 2.45) is 0 Å². The molecule has 0 bridgehead atoms. The van der Waals surface area contributed by atoms with Crippen LogP contribution in [-0.4, -0.2) is 17.2 Å². The first-order chi connectivity index (χ1) is 9.71. The molecule has 1 fully saturated rings. The van der Waals surface area contributed by atoms with E-state index in [1.807, 2.05) is 6.92 Å². The summed E-state index contributed by atoms with van der Waals surface area (Å²) in [6, 6.07) is 0. The van der Waals surface area contributed by atoms with Crippen LogP contribution in [0, 0.1) is 6.92 Å². The summed E-state index contributed by atoms with van der Waals surface area (Å²) >= 11 is 1.64. The van der Waals surface area contributed by atoms with Crippen LogP contribution < -0.4 is 0 Å². The molecule has 2 nitrogen and oxygen atoms in total. The van der Waals surface area contributed by atoms with E-state index in [0.29, 0.717) is 0 Å². The largest absolute Gasteiger partial charge is 0.225 e. The van der Waals surface area contributed by atoms with E-state index in [9.17, 15) is 0 Å². The van der Waals surface area contributed by atoms with Crippen LogP contribution in [0.5, 0.6) is 0 Å². The van der Waals surface area contributed by atoms with Gasteiger partial charge in [0.25, 0.3) is 0 Å². The van der Waals surface area contributed by atoms with E-state index in [-0.39, 0.29) is 5.31 Å². The molecule has 20 heavy (non-hydrogen) atoms. The van der Waals surface area contributed by atoms with Crippen LogP contribution in [-0.2, 0) is 5.31 Å². The first-order valence-corrected chi connectivity index (χ1v) is 9.29. The zero-order chi connectivity index (χ0) is 14.3. The van der Waals surface area contributed by atoms with Gasteiger partial charge in [-0.05, 0) is 36.6 Å². The fourth-order valence-electron chi connectivity index (χ4n) is 3.33. The Morgan fingerprint density at radius 1 is 0.850 bits per heavy atom. The van der Waals surface area contributed by atoms with Crippen LogP contribution >= 0.6 is 11.5 Å². The lowest BCUT2D eigenvalue weighted by Gasteiger charge is -2.27. The average molecular weight is 292 g/mol. The van der Waals surface area contributed by atoms with Crippen LogP contribution in [0.25, 0.3) is 0 Å². The minimum Gasteiger partial charge on any atom is -0.225 e. The smallest absolute Gasteiger partial charge is 0.139 e. The minimum absolute atomic E-state index is 0.278. The van der Waals surface area contributed by atoms with Gasteiger partial charge in [-0.25, -0.2) is 4.98 Å². The number of aromatic nitrogens is 2. The fraction of sp³-hybridized carbons (Fsp3) is 0.875. The van der Waals surface area contributed by atoms with Crippen molar-refractivity contribution >= 4 is 19.4 Å². The van der Waals surface area contributed by atoms with E-state index in [1.54, 1.807) is 11.5 Å². The monoisotopic (exact) mass is 292 g/mol. The van der Waals surface area contributed by atoms with Gasteiger partial charge in [0.2, 0.25) is 0 Å². The highest BCUT2D eigenvalue weighted by atomic mass is 32.1. The Kier molecular flexibility index (Phi) is 6.53. The average Bonchev–Trinajstić information content (AvgIpc) is 2.87. The second-order valence-electron chi connectivity index (χ2n) is 6.74. The van der Waals surface area contributed by atoms with Crippen LogP contribution in [0.4, 0.5) is 0 Å². The third-order valence-electron chi connectivity index (χ3n) is 4.75. The van der Waals surface area contributed by atoms with Crippen LogP contribution in [0.15, 0.2) is 0 Å². The molecule has 0 aliphatic heterocycles. The molecular weight excluding hydrogens is 263 g/mol. The van der Waals surface area contributed by atoms with Crippen LogP contribution in [0.1, 0.15) is 87.9 Å². The molecule has 0 aromatic carbocycles. The van der Waals surface area contributed by atoms with Gasteiger partial charge in [-0.15, -0.1) is 0 Å². The van der Waals surface area contributed by atoms with Crippen LogP contribution in [0.2, 0.25) is 0 Å². The second kappa shape index (κ2) is 8.16. The maximum Gasteiger partial charge on any atom is 0.139 e. The standard InChI is InChI=1S/C16H29BN2S/c1-14-18-15(20-19-14)16(17)12-10-8-6-4-2-3-5-7-9-11-13-16/h2-13,17H2,1H3. The Morgan fingerprint density at radius 3 is 1.70 bits per heavy atom. The molecule has 0 amide bonds. The molecule has 0 spiro atoms. The molecule has 1 aromatic rings. The first-order valence-electron chi connectivity index (χ1n) is 8.51. The van der Waals surface area contributed by atoms with Gasteiger partial charge >= 0.3 is 0 Å². The third kappa shape index (κ3) is 4.87. The molecule has 112 valence electrons. The maximum atomic E-state index is 4.70. The molecule has 1 saturated carbocycles. The second-order valence-corrected chi connectivity index (χ2v) is 7.49. The van der Waals surface area contributed by atoms with Gasteiger partial charge in [0.05, 0.1) is 0 Å². The predicted molar refractivity (Wildman–Crippen MR) is 90.3 cm³/mol. The molecule has 1 aromatic heterocycles. The van der Waals surface area contributed by atoms with Crippen molar-refractivity contribution in [2.75, 3.05) is 0 Å². The van der Waals surface area contributed by atoms with Gasteiger partial charge in [0.1, 0.15) is 18.7 Å².